The van der Waals surface area contributed by atoms with E-state index in [0.717, 1.165) is 5.92 Å². The van der Waals surface area contributed by atoms with Gasteiger partial charge in [-0.3, -0.25) is 0 Å². The summed E-state index contributed by atoms with van der Waals surface area (Å²) < 4.78 is 0. The van der Waals surface area contributed by atoms with E-state index in [0.29, 0.717) is 11.5 Å². The van der Waals surface area contributed by atoms with Gasteiger partial charge in [0.15, 0.2) is 0 Å². The van der Waals surface area contributed by atoms with Crippen LogP contribution in [0.5, 0.6) is 0 Å². The lowest BCUT2D eigenvalue weighted by atomic mass is 9.67. The van der Waals surface area contributed by atoms with E-state index in [1.807, 2.05) is 0 Å². The fourth-order valence-electron chi connectivity index (χ4n) is 3.78. The Balaban J connectivity index is 2.07. The second kappa shape index (κ2) is 3.59. The van der Waals surface area contributed by atoms with Gasteiger partial charge in [0, 0.05) is 6.04 Å². The number of fused-ring (bicyclic) bond motifs is 3. The largest absolute Gasteiger partial charge is 0.309 e. The molecule has 1 fully saturated rings. The van der Waals surface area contributed by atoms with Gasteiger partial charge >= 0.3 is 0 Å². The summed E-state index contributed by atoms with van der Waals surface area (Å²) in [6.07, 6.45) is 4.00. The Morgan fingerprint density at radius 3 is 2.94 bits per heavy atom. The van der Waals surface area contributed by atoms with Crippen molar-refractivity contribution < 1.29 is 0 Å². The molecule has 0 bridgehead atoms. The quantitative estimate of drug-likeness (QED) is 0.758. The molecule has 1 aromatic carbocycles. The Morgan fingerprint density at radius 2 is 2.12 bits per heavy atom. The highest BCUT2D eigenvalue weighted by molar-refractivity contribution is 5.39. The van der Waals surface area contributed by atoms with E-state index in [1.54, 1.807) is 11.1 Å². The number of hydrogen-bond donors (Lipinski definition) is 1. The Morgan fingerprint density at radius 1 is 1.31 bits per heavy atom. The van der Waals surface area contributed by atoms with Crippen molar-refractivity contribution >= 4 is 0 Å². The number of rotatable bonds is 1. The maximum Gasteiger partial charge on any atom is 0.0385 e. The van der Waals surface area contributed by atoms with Crippen LogP contribution in [0.15, 0.2) is 24.3 Å². The van der Waals surface area contributed by atoms with Gasteiger partial charge < -0.3 is 5.32 Å². The average Bonchev–Trinajstić information content (AvgIpc) is 2.64. The van der Waals surface area contributed by atoms with Crippen LogP contribution in [0.4, 0.5) is 0 Å². The molecule has 0 saturated carbocycles. The summed E-state index contributed by atoms with van der Waals surface area (Å²) in [5.41, 5.74) is 3.63. The van der Waals surface area contributed by atoms with Gasteiger partial charge in [-0.05, 0) is 48.3 Å². The molecule has 1 aliphatic heterocycles. The summed E-state index contributed by atoms with van der Waals surface area (Å²) >= 11 is 0. The molecule has 1 aliphatic carbocycles. The third kappa shape index (κ3) is 1.27. The zero-order valence-electron chi connectivity index (χ0n) is 10.3. The van der Waals surface area contributed by atoms with Crippen LogP contribution in [0, 0.1) is 11.3 Å². The zero-order valence-corrected chi connectivity index (χ0v) is 10.3. The van der Waals surface area contributed by atoms with Gasteiger partial charge in [-0.2, -0.15) is 0 Å². The van der Waals surface area contributed by atoms with Crippen LogP contribution >= 0.6 is 0 Å². The van der Waals surface area contributed by atoms with E-state index >= 15 is 0 Å². The van der Waals surface area contributed by atoms with Crippen LogP contribution in [0.3, 0.4) is 0 Å². The van der Waals surface area contributed by atoms with Crippen molar-refractivity contribution in [2.75, 3.05) is 6.54 Å². The van der Waals surface area contributed by atoms with Crippen LogP contribution in [-0.2, 0) is 6.42 Å². The predicted octanol–water partition coefficient (Wildman–Crippen LogP) is 3.31. The van der Waals surface area contributed by atoms with E-state index < -0.39 is 0 Å². The summed E-state index contributed by atoms with van der Waals surface area (Å²) in [7, 11) is 0. The van der Waals surface area contributed by atoms with Crippen molar-refractivity contribution in [1.29, 1.82) is 0 Å². The summed E-state index contributed by atoms with van der Waals surface area (Å²) in [4.78, 5) is 0. The third-order valence-corrected chi connectivity index (χ3v) is 4.78. The summed E-state index contributed by atoms with van der Waals surface area (Å²) in [6.45, 7) is 5.98. The lowest BCUT2D eigenvalue weighted by molar-refractivity contribution is 0.0908. The highest BCUT2D eigenvalue weighted by Gasteiger charge is 2.48. The molecule has 16 heavy (non-hydrogen) atoms. The van der Waals surface area contributed by atoms with Crippen LogP contribution in [0.1, 0.15) is 43.9 Å². The van der Waals surface area contributed by atoms with Crippen molar-refractivity contribution in [2.24, 2.45) is 11.3 Å². The molecule has 0 amide bonds. The SMILES string of the molecule is CC(C)[C@]12CCCN[C@@H]1c1ccccc1C2. The van der Waals surface area contributed by atoms with E-state index in [-0.39, 0.29) is 0 Å². The molecule has 1 heterocycles. The normalized spacial score (nSPS) is 32.6. The first-order chi connectivity index (χ1) is 7.74. The molecule has 3 rings (SSSR count). The van der Waals surface area contributed by atoms with Crippen LogP contribution in [-0.4, -0.2) is 6.54 Å². The summed E-state index contributed by atoms with van der Waals surface area (Å²) in [5, 5.41) is 3.76. The molecular formula is C15H21N. The van der Waals surface area contributed by atoms with Gasteiger partial charge in [-0.25, -0.2) is 0 Å². The fourth-order valence-corrected chi connectivity index (χ4v) is 3.78. The van der Waals surface area contributed by atoms with E-state index in [4.69, 9.17) is 0 Å². The summed E-state index contributed by atoms with van der Waals surface area (Å²) in [5.74, 6) is 0.762. The molecule has 1 heteroatoms. The molecule has 1 N–H and O–H groups in total. The molecule has 0 spiro atoms. The van der Waals surface area contributed by atoms with E-state index in [9.17, 15) is 0 Å². The first-order valence-corrected chi connectivity index (χ1v) is 6.55. The molecule has 2 atom stereocenters. The molecule has 2 aliphatic rings. The minimum absolute atomic E-state index is 0.488. The smallest absolute Gasteiger partial charge is 0.0385 e. The number of nitrogens with one attached hydrogen (secondary N) is 1. The van der Waals surface area contributed by atoms with Gasteiger partial charge in [-0.15, -0.1) is 0 Å². The maximum absolute atomic E-state index is 3.76. The Labute approximate surface area is 98.3 Å². The summed E-state index contributed by atoms with van der Waals surface area (Å²) in [6, 6.07) is 9.62. The number of benzene rings is 1. The molecule has 86 valence electrons. The topological polar surface area (TPSA) is 12.0 Å². The standard InChI is InChI=1S/C15H21N/c1-11(2)15-8-5-9-16-14(15)13-7-4-3-6-12(13)10-15/h3-4,6-7,11,14,16H,5,8-10H2,1-2H3/t14-,15-/m1/s1. The maximum atomic E-state index is 3.76. The number of piperidine rings is 1. The number of hydrogen-bond acceptors (Lipinski definition) is 1. The second-order valence-corrected chi connectivity index (χ2v) is 5.75. The predicted molar refractivity (Wildman–Crippen MR) is 67.4 cm³/mol. The monoisotopic (exact) mass is 215 g/mol. The van der Waals surface area contributed by atoms with Gasteiger partial charge in [0.05, 0.1) is 0 Å². The third-order valence-electron chi connectivity index (χ3n) is 4.78. The minimum Gasteiger partial charge on any atom is -0.309 e. The van der Waals surface area contributed by atoms with Gasteiger partial charge in [0.1, 0.15) is 0 Å². The van der Waals surface area contributed by atoms with E-state index in [2.05, 4.69) is 43.4 Å². The minimum atomic E-state index is 0.488. The van der Waals surface area contributed by atoms with Crippen LogP contribution in [0.25, 0.3) is 0 Å². The lowest BCUT2D eigenvalue weighted by Gasteiger charge is -2.44. The average molecular weight is 215 g/mol. The molecule has 0 aromatic heterocycles. The Bertz CT molecular complexity index is 396. The molecular weight excluding hydrogens is 194 g/mol. The highest BCUT2D eigenvalue weighted by Crippen LogP contribution is 2.54. The van der Waals surface area contributed by atoms with Crippen LogP contribution in [0.2, 0.25) is 0 Å². The van der Waals surface area contributed by atoms with E-state index in [1.165, 1.54) is 25.8 Å². The van der Waals surface area contributed by atoms with Crippen LogP contribution < -0.4 is 5.32 Å². The van der Waals surface area contributed by atoms with Gasteiger partial charge in [0.2, 0.25) is 0 Å². The van der Waals surface area contributed by atoms with Crippen molar-refractivity contribution in [3.05, 3.63) is 35.4 Å². The molecule has 1 aromatic rings. The molecule has 0 radical (unpaired) electrons. The Hall–Kier alpha value is -0.820. The first-order valence-electron chi connectivity index (χ1n) is 6.55. The molecule has 0 unspecified atom stereocenters. The molecule has 1 saturated heterocycles. The van der Waals surface area contributed by atoms with Gasteiger partial charge in [0.25, 0.3) is 0 Å². The van der Waals surface area contributed by atoms with Crippen molar-refractivity contribution in [1.82, 2.24) is 5.32 Å². The van der Waals surface area contributed by atoms with Crippen molar-refractivity contribution in [3.8, 4) is 0 Å². The Kier molecular flexibility index (Phi) is 2.32. The zero-order chi connectivity index (χ0) is 11.2. The highest BCUT2D eigenvalue weighted by atomic mass is 15.0. The second-order valence-electron chi connectivity index (χ2n) is 5.75. The first kappa shape index (κ1) is 10.3. The molecule has 1 nitrogen and oxygen atoms in total. The van der Waals surface area contributed by atoms with Gasteiger partial charge in [-0.1, -0.05) is 38.1 Å². The lowest BCUT2D eigenvalue weighted by Crippen LogP contribution is -2.44. The fraction of sp³-hybridized carbons (Fsp3) is 0.600. The van der Waals surface area contributed by atoms with Crippen molar-refractivity contribution in [3.63, 3.8) is 0 Å². The van der Waals surface area contributed by atoms with Crippen molar-refractivity contribution in [2.45, 2.75) is 39.2 Å².